The number of carbonyl (C=O) groups excluding carboxylic acids is 1. The highest BCUT2D eigenvalue weighted by Gasteiger charge is 2.31. The van der Waals surface area contributed by atoms with Crippen LogP contribution in [-0.2, 0) is 21.1 Å². The van der Waals surface area contributed by atoms with Gasteiger partial charge in [-0.1, -0.05) is 0 Å². The van der Waals surface area contributed by atoms with Gasteiger partial charge in [0.2, 0.25) is 11.7 Å². The first kappa shape index (κ1) is 21.9. The molecule has 1 aliphatic rings. The van der Waals surface area contributed by atoms with E-state index in [1.54, 1.807) is 25.0 Å². The van der Waals surface area contributed by atoms with E-state index >= 15 is 0 Å². The molecular weight excluding hydrogens is 410 g/mol. The number of aromatic nitrogens is 2. The zero-order valence-corrected chi connectivity index (χ0v) is 18.4. The van der Waals surface area contributed by atoms with Crippen LogP contribution < -0.4 is 19.5 Å². The Morgan fingerprint density at radius 2 is 1.83 bits per heavy atom. The molecule has 9 nitrogen and oxygen atoms in total. The molecule has 2 aromatic rings. The quantitative estimate of drug-likeness (QED) is 0.674. The molecule has 1 saturated heterocycles. The number of amides is 1. The number of hydrogen-bond donors (Lipinski definition) is 1. The SMILES string of the molecule is COc1cc(CCC(=O)Nc2cc(C)nn2C2CCS(=O)(=O)C2)cc(OC)c1OC. The summed E-state index contributed by atoms with van der Waals surface area (Å²) in [7, 11) is 1.57. The Morgan fingerprint density at radius 1 is 1.17 bits per heavy atom. The van der Waals surface area contributed by atoms with Gasteiger partial charge >= 0.3 is 0 Å². The standard InChI is InChI=1S/C20H27N3O6S/c1-13-9-18(23(22-13)15-7-8-30(25,26)12-15)21-19(24)6-5-14-10-16(27-2)20(29-4)17(11-14)28-3/h9-11,15H,5-8,12H2,1-4H3,(H,21,24). The molecular formula is C20H27N3O6S. The molecule has 2 heterocycles. The van der Waals surface area contributed by atoms with Gasteiger partial charge in [0, 0.05) is 12.5 Å². The van der Waals surface area contributed by atoms with E-state index in [1.165, 1.54) is 7.11 Å². The largest absolute Gasteiger partial charge is 0.493 e. The lowest BCUT2D eigenvalue weighted by atomic mass is 10.1. The third-order valence-corrected chi connectivity index (χ3v) is 6.80. The van der Waals surface area contributed by atoms with Crippen LogP contribution in [0, 0.1) is 6.92 Å². The Labute approximate surface area is 176 Å². The van der Waals surface area contributed by atoms with Gasteiger partial charge in [0.05, 0.1) is 44.6 Å². The van der Waals surface area contributed by atoms with Crippen LogP contribution in [0.1, 0.15) is 30.1 Å². The molecule has 10 heteroatoms. The third kappa shape index (κ3) is 4.86. The second-order valence-corrected chi connectivity index (χ2v) is 9.48. The van der Waals surface area contributed by atoms with Crippen LogP contribution in [0.4, 0.5) is 5.82 Å². The van der Waals surface area contributed by atoms with Gasteiger partial charge in [-0.25, -0.2) is 13.1 Å². The van der Waals surface area contributed by atoms with Crippen molar-refractivity contribution >= 4 is 21.6 Å². The Hall–Kier alpha value is -2.75. The van der Waals surface area contributed by atoms with Gasteiger partial charge in [-0.3, -0.25) is 4.79 Å². The summed E-state index contributed by atoms with van der Waals surface area (Å²) < 4.78 is 41.2. The summed E-state index contributed by atoms with van der Waals surface area (Å²) in [6.07, 6.45) is 1.19. The van der Waals surface area contributed by atoms with E-state index in [1.807, 2.05) is 19.1 Å². The first-order chi connectivity index (χ1) is 14.3. The predicted octanol–water partition coefficient (Wildman–Crippen LogP) is 2.15. The zero-order valence-electron chi connectivity index (χ0n) is 17.6. The average Bonchev–Trinajstić information content (AvgIpc) is 3.26. The van der Waals surface area contributed by atoms with Crippen molar-refractivity contribution in [2.24, 2.45) is 0 Å². The molecule has 1 aliphatic heterocycles. The number of aryl methyl sites for hydroxylation is 2. The lowest BCUT2D eigenvalue weighted by molar-refractivity contribution is -0.116. The van der Waals surface area contributed by atoms with Crippen molar-refractivity contribution < 1.29 is 27.4 Å². The first-order valence-corrected chi connectivity index (χ1v) is 11.4. The van der Waals surface area contributed by atoms with Crippen molar-refractivity contribution in [1.29, 1.82) is 0 Å². The first-order valence-electron chi connectivity index (χ1n) is 9.61. The van der Waals surface area contributed by atoms with Crippen molar-refractivity contribution in [3.8, 4) is 17.2 Å². The summed E-state index contributed by atoms with van der Waals surface area (Å²) in [5.74, 6) is 2.08. The van der Waals surface area contributed by atoms with Crippen LogP contribution >= 0.6 is 0 Å². The van der Waals surface area contributed by atoms with Crippen molar-refractivity contribution in [2.75, 3.05) is 38.2 Å². The van der Waals surface area contributed by atoms with Crippen LogP contribution in [0.15, 0.2) is 18.2 Å². The minimum atomic E-state index is -3.05. The Bertz CT molecular complexity index is 1010. The number of carbonyl (C=O) groups is 1. The Kier molecular flexibility index (Phi) is 6.55. The number of sulfone groups is 1. The number of nitrogens with zero attached hydrogens (tertiary/aromatic N) is 2. The molecule has 1 fully saturated rings. The normalized spacial score (nSPS) is 17.5. The number of rotatable bonds is 8. The molecule has 0 radical (unpaired) electrons. The van der Waals surface area contributed by atoms with Crippen molar-refractivity contribution in [2.45, 2.75) is 32.2 Å². The van der Waals surface area contributed by atoms with E-state index < -0.39 is 9.84 Å². The van der Waals surface area contributed by atoms with Gasteiger partial charge in [0.15, 0.2) is 21.3 Å². The summed E-state index contributed by atoms with van der Waals surface area (Å²) in [6.45, 7) is 1.81. The van der Waals surface area contributed by atoms with Crippen LogP contribution in [0.3, 0.4) is 0 Å². The molecule has 30 heavy (non-hydrogen) atoms. The van der Waals surface area contributed by atoms with E-state index in [0.717, 1.165) is 11.3 Å². The lowest BCUT2D eigenvalue weighted by Gasteiger charge is -2.15. The lowest BCUT2D eigenvalue weighted by Crippen LogP contribution is -2.19. The highest BCUT2D eigenvalue weighted by molar-refractivity contribution is 7.91. The third-order valence-electron chi connectivity index (χ3n) is 5.04. The molecule has 0 saturated carbocycles. The van der Waals surface area contributed by atoms with Gasteiger partial charge in [-0.15, -0.1) is 0 Å². The molecule has 164 valence electrons. The topological polar surface area (TPSA) is 109 Å². The number of hydrogen-bond acceptors (Lipinski definition) is 7. The van der Waals surface area contributed by atoms with Crippen LogP contribution in [0.25, 0.3) is 0 Å². The molecule has 1 N–H and O–H groups in total. The molecule has 1 atom stereocenters. The second-order valence-electron chi connectivity index (χ2n) is 7.25. The molecule has 0 spiro atoms. The number of methoxy groups -OCH3 is 3. The van der Waals surface area contributed by atoms with E-state index in [9.17, 15) is 13.2 Å². The summed E-state index contributed by atoms with van der Waals surface area (Å²) in [4.78, 5) is 12.6. The number of benzene rings is 1. The maximum atomic E-state index is 12.6. The molecule has 1 unspecified atom stereocenters. The monoisotopic (exact) mass is 437 g/mol. The zero-order chi connectivity index (χ0) is 21.9. The van der Waals surface area contributed by atoms with E-state index in [-0.39, 0.29) is 29.9 Å². The second kappa shape index (κ2) is 8.95. The fourth-order valence-electron chi connectivity index (χ4n) is 3.60. The van der Waals surface area contributed by atoms with Gasteiger partial charge in [-0.2, -0.15) is 5.10 Å². The van der Waals surface area contributed by atoms with Gasteiger partial charge < -0.3 is 19.5 Å². The Morgan fingerprint density at radius 3 is 2.37 bits per heavy atom. The van der Waals surface area contributed by atoms with Gasteiger partial charge in [0.25, 0.3) is 0 Å². The number of nitrogens with one attached hydrogen (secondary N) is 1. The van der Waals surface area contributed by atoms with Gasteiger partial charge in [0.1, 0.15) is 5.82 Å². The van der Waals surface area contributed by atoms with Crippen LogP contribution in [0.5, 0.6) is 17.2 Å². The number of ether oxygens (including phenoxy) is 3. The highest BCUT2D eigenvalue weighted by atomic mass is 32.2. The van der Waals surface area contributed by atoms with Gasteiger partial charge in [-0.05, 0) is 37.5 Å². The molecule has 1 aromatic heterocycles. The molecule has 0 aliphatic carbocycles. The smallest absolute Gasteiger partial charge is 0.225 e. The summed E-state index contributed by atoms with van der Waals surface area (Å²) >= 11 is 0. The minimum Gasteiger partial charge on any atom is -0.493 e. The molecule has 3 rings (SSSR count). The maximum Gasteiger partial charge on any atom is 0.225 e. The summed E-state index contributed by atoms with van der Waals surface area (Å²) in [5.41, 5.74) is 1.59. The van der Waals surface area contributed by atoms with Crippen molar-refractivity contribution in [3.63, 3.8) is 0 Å². The summed E-state index contributed by atoms with van der Waals surface area (Å²) in [6, 6.07) is 5.12. The van der Waals surface area contributed by atoms with Crippen molar-refractivity contribution in [3.05, 3.63) is 29.5 Å². The molecule has 1 aromatic carbocycles. The summed E-state index contributed by atoms with van der Waals surface area (Å²) in [5, 5.41) is 7.25. The predicted molar refractivity (Wildman–Crippen MR) is 112 cm³/mol. The minimum absolute atomic E-state index is 0.0441. The molecule has 1 amide bonds. The van der Waals surface area contributed by atoms with Crippen molar-refractivity contribution in [1.82, 2.24) is 9.78 Å². The number of anilines is 1. The Balaban J connectivity index is 1.69. The van der Waals surface area contributed by atoms with Crippen LogP contribution in [-0.4, -0.2) is 56.9 Å². The van der Waals surface area contributed by atoms with E-state index in [4.69, 9.17) is 14.2 Å². The highest BCUT2D eigenvalue weighted by Crippen LogP contribution is 2.38. The van der Waals surface area contributed by atoms with E-state index in [0.29, 0.717) is 35.9 Å². The maximum absolute atomic E-state index is 12.6. The molecule has 0 bridgehead atoms. The average molecular weight is 438 g/mol. The van der Waals surface area contributed by atoms with Crippen LogP contribution in [0.2, 0.25) is 0 Å². The van der Waals surface area contributed by atoms with E-state index in [2.05, 4.69) is 10.4 Å². The fourth-order valence-corrected chi connectivity index (χ4v) is 5.29. The fraction of sp³-hybridized carbons (Fsp3) is 0.500.